The molecule has 2 aromatic carbocycles. The maximum Gasteiger partial charge on any atom is 0.256 e. The number of rotatable bonds is 4. The fourth-order valence-electron chi connectivity index (χ4n) is 2.67. The molecule has 3 rings (SSSR count). The first-order valence-corrected chi connectivity index (χ1v) is 8.88. The molecule has 0 aliphatic heterocycles. The summed E-state index contributed by atoms with van der Waals surface area (Å²) in [6.45, 7) is 4.19. The average Bonchev–Trinajstić information content (AvgIpc) is 2.83. The van der Waals surface area contributed by atoms with Crippen LogP contribution in [0, 0.1) is 23.2 Å². The topological polar surface area (TPSA) is 46.9 Å². The van der Waals surface area contributed by atoms with E-state index < -0.39 is 0 Å². The number of nitrogens with zero attached hydrogens (tertiary/aromatic N) is 2. The summed E-state index contributed by atoms with van der Waals surface area (Å²) < 4.78 is 16.0. The largest absolute Gasteiger partial charge is 0.319 e. The quantitative estimate of drug-likeness (QED) is 0.595. The molecule has 1 heterocycles. The molecular weight excluding hydrogens is 432 g/mol. The van der Waals surface area contributed by atoms with Gasteiger partial charge in [0.1, 0.15) is 5.82 Å². The zero-order valence-electron chi connectivity index (χ0n) is 13.9. The Morgan fingerprint density at radius 3 is 2.68 bits per heavy atom. The second-order valence-corrected chi connectivity index (χ2v) is 6.93. The van der Waals surface area contributed by atoms with Crippen molar-refractivity contribution in [3.63, 3.8) is 0 Å². The van der Waals surface area contributed by atoms with Gasteiger partial charge in [-0.1, -0.05) is 24.3 Å². The van der Waals surface area contributed by atoms with Gasteiger partial charge in [0.2, 0.25) is 0 Å². The highest BCUT2D eigenvalue weighted by Crippen LogP contribution is 2.22. The van der Waals surface area contributed by atoms with Crippen LogP contribution in [0.3, 0.4) is 0 Å². The first-order chi connectivity index (χ1) is 12.0. The SMILES string of the molecule is Cc1nn(Cc2cccc(F)c2)c(C)c1NC(=O)c1ccccc1I. The van der Waals surface area contributed by atoms with E-state index in [4.69, 9.17) is 0 Å². The highest BCUT2D eigenvalue weighted by atomic mass is 127. The van der Waals surface area contributed by atoms with Crippen LogP contribution in [-0.4, -0.2) is 15.7 Å². The second-order valence-electron chi connectivity index (χ2n) is 5.77. The van der Waals surface area contributed by atoms with Gasteiger partial charge < -0.3 is 5.32 Å². The Labute approximate surface area is 159 Å². The number of aromatic nitrogens is 2. The van der Waals surface area contributed by atoms with Crippen LogP contribution in [0.2, 0.25) is 0 Å². The van der Waals surface area contributed by atoms with E-state index in [0.29, 0.717) is 17.8 Å². The van der Waals surface area contributed by atoms with E-state index in [9.17, 15) is 9.18 Å². The molecular formula is C19H17FIN3O. The Balaban J connectivity index is 1.85. The maximum atomic E-state index is 13.4. The number of aryl methyl sites for hydroxylation is 1. The molecule has 6 heteroatoms. The zero-order valence-corrected chi connectivity index (χ0v) is 16.0. The Bertz CT molecular complexity index is 936. The Morgan fingerprint density at radius 1 is 1.20 bits per heavy atom. The molecule has 0 saturated heterocycles. The minimum atomic E-state index is -0.272. The minimum Gasteiger partial charge on any atom is -0.319 e. The molecule has 0 spiro atoms. The van der Waals surface area contributed by atoms with Crippen LogP contribution in [-0.2, 0) is 6.54 Å². The minimum absolute atomic E-state index is 0.165. The van der Waals surface area contributed by atoms with E-state index in [1.54, 1.807) is 16.8 Å². The smallest absolute Gasteiger partial charge is 0.256 e. The van der Waals surface area contributed by atoms with Crippen LogP contribution in [0.15, 0.2) is 48.5 Å². The van der Waals surface area contributed by atoms with Gasteiger partial charge in [0.15, 0.2) is 0 Å². The number of anilines is 1. The van der Waals surface area contributed by atoms with Gasteiger partial charge in [0, 0.05) is 3.57 Å². The third-order valence-electron chi connectivity index (χ3n) is 3.96. The summed E-state index contributed by atoms with van der Waals surface area (Å²) in [4.78, 5) is 12.5. The fraction of sp³-hybridized carbons (Fsp3) is 0.158. The van der Waals surface area contributed by atoms with Crippen molar-refractivity contribution in [3.8, 4) is 0 Å². The molecule has 1 N–H and O–H groups in total. The number of amides is 1. The lowest BCUT2D eigenvalue weighted by Gasteiger charge is -2.08. The highest BCUT2D eigenvalue weighted by Gasteiger charge is 2.16. The molecule has 128 valence electrons. The lowest BCUT2D eigenvalue weighted by atomic mass is 10.2. The normalized spacial score (nSPS) is 10.7. The highest BCUT2D eigenvalue weighted by molar-refractivity contribution is 14.1. The van der Waals surface area contributed by atoms with Crippen LogP contribution in [0.25, 0.3) is 0 Å². The number of benzene rings is 2. The number of halogens is 2. The summed E-state index contributed by atoms with van der Waals surface area (Å²) in [5.74, 6) is -0.437. The molecule has 1 aromatic heterocycles. The lowest BCUT2D eigenvalue weighted by molar-refractivity contribution is 0.102. The van der Waals surface area contributed by atoms with Crippen molar-refractivity contribution in [2.24, 2.45) is 0 Å². The van der Waals surface area contributed by atoms with Crippen LogP contribution in [0.4, 0.5) is 10.1 Å². The molecule has 0 saturated carbocycles. The van der Waals surface area contributed by atoms with Gasteiger partial charge in [-0.3, -0.25) is 9.48 Å². The van der Waals surface area contributed by atoms with Gasteiger partial charge in [-0.25, -0.2) is 4.39 Å². The van der Waals surface area contributed by atoms with Crippen LogP contribution < -0.4 is 5.32 Å². The van der Waals surface area contributed by atoms with E-state index in [0.717, 1.165) is 20.5 Å². The molecule has 1 amide bonds. The monoisotopic (exact) mass is 449 g/mol. The summed E-state index contributed by atoms with van der Waals surface area (Å²) in [6, 6.07) is 13.8. The third kappa shape index (κ3) is 3.89. The number of carbonyl (C=O) groups excluding carboxylic acids is 1. The van der Waals surface area contributed by atoms with Crippen molar-refractivity contribution in [1.29, 1.82) is 0 Å². The molecule has 0 radical (unpaired) electrons. The molecule has 4 nitrogen and oxygen atoms in total. The van der Waals surface area contributed by atoms with Crippen molar-refractivity contribution in [1.82, 2.24) is 9.78 Å². The van der Waals surface area contributed by atoms with Gasteiger partial charge in [0.05, 0.1) is 29.2 Å². The number of nitrogens with one attached hydrogen (secondary N) is 1. The maximum absolute atomic E-state index is 13.4. The van der Waals surface area contributed by atoms with E-state index in [2.05, 4.69) is 33.0 Å². The lowest BCUT2D eigenvalue weighted by Crippen LogP contribution is -2.14. The molecule has 0 aliphatic rings. The predicted molar refractivity (Wildman–Crippen MR) is 104 cm³/mol. The summed E-state index contributed by atoms with van der Waals surface area (Å²) in [7, 11) is 0. The molecule has 0 unspecified atom stereocenters. The summed E-state index contributed by atoms with van der Waals surface area (Å²) in [5.41, 5.74) is 3.70. The number of hydrogen-bond donors (Lipinski definition) is 1. The van der Waals surface area contributed by atoms with E-state index in [1.165, 1.54) is 12.1 Å². The van der Waals surface area contributed by atoms with Gasteiger partial charge in [-0.15, -0.1) is 0 Å². The molecule has 0 atom stereocenters. The van der Waals surface area contributed by atoms with Gasteiger partial charge >= 0.3 is 0 Å². The van der Waals surface area contributed by atoms with E-state index in [1.807, 2.05) is 38.1 Å². The fourth-order valence-corrected chi connectivity index (χ4v) is 3.30. The molecule has 0 aliphatic carbocycles. The van der Waals surface area contributed by atoms with Crippen molar-refractivity contribution in [2.75, 3.05) is 5.32 Å². The first kappa shape index (κ1) is 17.6. The molecule has 3 aromatic rings. The molecule has 0 fully saturated rings. The summed E-state index contributed by atoms with van der Waals surface area (Å²) in [6.07, 6.45) is 0. The molecule has 25 heavy (non-hydrogen) atoms. The summed E-state index contributed by atoms with van der Waals surface area (Å²) in [5, 5.41) is 7.43. The second kappa shape index (κ2) is 7.35. The Morgan fingerprint density at radius 2 is 1.96 bits per heavy atom. The predicted octanol–water partition coefficient (Wildman–Crippen LogP) is 4.54. The van der Waals surface area contributed by atoms with E-state index in [-0.39, 0.29) is 11.7 Å². The van der Waals surface area contributed by atoms with Gasteiger partial charge in [0.25, 0.3) is 5.91 Å². The third-order valence-corrected chi connectivity index (χ3v) is 4.90. The summed E-state index contributed by atoms with van der Waals surface area (Å²) >= 11 is 2.14. The standard InChI is InChI=1S/C19H17FIN3O/c1-12-18(22-19(25)16-8-3-4-9-17(16)21)13(2)24(23-12)11-14-6-5-7-15(20)10-14/h3-10H,11H2,1-2H3,(H,22,25). The van der Waals surface area contributed by atoms with Gasteiger partial charge in [-0.2, -0.15) is 5.10 Å². The van der Waals surface area contributed by atoms with Crippen molar-refractivity contribution < 1.29 is 9.18 Å². The first-order valence-electron chi connectivity index (χ1n) is 7.80. The van der Waals surface area contributed by atoms with Crippen LogP contribution >= 0.6 is 22.6 Å². The average molecular weight is 449 g/mol. The Hall–Kier alpha value is -2.22. The number of hydrogen-bond acceptors (Lipinski definition) is 2. The van der Waals surface area contributed by atoms with Crippen LogP contribution in [0.5, 0.6) is 0 Å². The van der Waals surface area contributed by atoms with Crippen LogP contribution in [0.1, 0.15) is 27.3 Å². The number of carbonyl (C=O) groups is 1. The van der Waals surface area contributed by atoms with Crippen molar-refractivity contribution >= 4 is 34.2 Å². The Kier molecular flexibility index (Phi) is 5.17. The van der Waals surface area contributed by atoms with Crippen molar-refractivity contribution in [3.05, 3.63) is 80.4 Å². The van der Waals surface area contributed by atoms with Crippen molar-refractivity contribution in [2.45, 2.75) is 20.4 Å². The zero-order chi connectivity index (χ0) is 18.0. The molecule has 0 bridgehead atoms. The van der Waals surface area contributed by atoms with E-state index >= 15 is 0 Å². The van der Waals surface area contributed by atoms with Gasteiger partial charge in [-0.05, 0) is 66.3 Å².